The number of nitrogens with two attached hydrogens (primary N) is 1. The average molecular weight is 314 g/mol. The number of aryl methyl sites for hydroxylation is 1. The molecule has 1 aromatic carbocycles. The highest BCUT2D eigenvalue weighted by Crippen LogP contribution is 2.22. The fourth-order valence-electron chi connectivity index (χ4n) is 3.08. The van der Waals surface area contributed by atoms with Crippen molar-refractivity contribution in [3.8, 4) is 0 Å². The molecule has 23 heavy (non-hydrogen) atoms. The maximum Gasteiger partial charge on any atom is 0.308 e. The standard InChI is InChI=1S/C17H22N4O2/c1-11-3-4-14-13(9-11)16(18)20-15(19-14)10-21-7-5-12(6-8-21)17(22)23-2/h3-4,9,12H,5-8,10H2,1-2H3,(H2,18,19,20). The second-order valence-corrected chi connectivity index (χ2v) is 6.12. The number of ether oxygens (including phenoxy) is 1. The smallest absolute Gasteiger partial charge is 0.308 e. The molecule has 0 atom stereocenters. The largest absolute Gasteiger partial charge is 0.469 e. The van der Waals surface area contributed by atoms with Crippen molar-refractivity contribution < 1.29 is 9.53 Å². The molecule has 1 fully saturated rings. The molecular formula is C17H22N4O2. The van der Waals surface area contributed by atoms with Crippen LogP contribution in [0.15, 0.2) is 18.2 Å². The fourth-order valence-corrected chi connectivity index (χ4v) is 3.08. The van der Waals surface area contributed by atoms with Crippen molar-refractivity contribution in [3.05, 3.63) is 29.6 Å². The first-order chi connectivity index (χ1) is 11.1. The second-order valence-electron chi connectivity index (χ2n) is 6.12. The number of benzene rings is 1. The zero-order valence-corrected chi connectivity index (χ0v) is 13.6. The molecule has 122 valence electrons. The van der Waals surface area contributed by atoms with Gasteiger partial charge < -0.3 is 10.5 Å². The molecule has 0 amide bonds. The summed E-state index contributed by atoms with van der Waals surface area (Å²) in [5.74, 6) is 1.17. The molecule has 2 aromatic rings. The number of piperidine rings is 1. The number of nitrogen functional groups attached to an aromatic ring is 1. The van der Waals surface area contributed by atoms with Crippen molar-refractivity contribution in [1.29, 1.82) is 0 Å². The van der Waals surface area contributed by atoms with Gasteiger partial charge in [-0.05, 0) is 45.0 Å². The minimum atomic E-state index is -0.105. The van der Waals surface area contributed by atoms with E-state index in [2.05, 4.69) is 14.9 Å². The number of hydrogen-bond donors (Lipinski definition) is 1. The molecule has 2 heterocycles. The number of carbonyl (C=O) groups excluding carboxylic acids is 1. The van der Waals surface area contributed by atoms with Crippen molar-refractivity contribution in [2.45, 2.75) is 26.3 Å². The zero-order valence-electron chi connectivity index (χ0n) is 13.6. The van der Waals surface area contributed by atoms with Gasteiger partial charge in [-0.1, -0.05) is 11.6 Å². The number of nitrogens with zero attached hydrogens (tertiary/aromatic N) is 3. The molecular weight excluding hydrogens is 292 g/mol. The molecule has 1 aliphatic heterocycles. The summed E-state index contributed by atoms with van der Waals surface area (Å²) < 4.78 is 4.82. The number of likely N-dealkylation sites (tertiary alicyclic amines) is 1. The SMILES string of the molecule is COC(=O)C1CCN(Cc2nc(N)c3cc(C)ccc3n2)CC1. The maximum atomic E-state index is 11.6. The molecule has 0 saturated carbocycles. The molecule has 1 aromatic heterocycles. The van der Waals surface area contributed by atoms with Crippen molar-refractivity contribution in [3.63, 3.8) is 0 Å². The normalized spacial score (nSPS) is 16.6. The van der Waals surface area contributed by atoms with E-state index in [4.69, 9.17) is 10.5 Å². The van der Waals surface area contributed by atoms with Crippen molar-refractivity contribution >= 4 is 22.7 Å². The Morgan fingerprint density at radius 3 is 2.78 bits per heavy atom. The Morgan fingerprint density at radius 1 is 1.35 bits per heavy atom. The number of rotatable bonds is 3. The van der Waals surface area contributed by atoms with Crippen LogP contribution >= 0.6 is 0 Å². The summed E-state index contributed by atoms with van der Waals surface area (Å²) in [6.07, 6.45) is 1.63. The van der Waals surface area contributed by atoms with Crippen LogP contribution in [0.2, 0.25) is 0 Å². The number of anilines is 1. The van der Waals surface area contributed by atoms with E-state index in [1.807, 2.05) is 25.1 Å². The van der Waals surface area contributed by atoms with E-state index >= 15 is 0 Å². The number of hydrogen-bond acceptors (Lipinski definition) is 6. The number of esters is 1. The topological polar surface area (TPSA) is 81.3 Å². The quantitative estimate of drug-likeness (QED) is 0.872. The molecule has 3 rings (SSSR count). The van der Waals surface area contributed by atoms with Gasteiger partial charge in [0.25, 0.3) is 0 Å². The third-order valence-electron chi connectivity index (χ3n) is 4.41. The molecule has 1 saturated heterocycles. The Morgan fingerprint density at radius 2 is 2.09 bits per heavy atom. The third kappa shape index (κ3) is 3.42. The molecule has 1 aliphatic rings. The molecule has 0 bridgehead atoms. The molecule has 0 spiro atoms. The van der Waals surface area contributed by atoms with Gasteiger partial charge in [-0.3, -0.25) is 9.69 Å². The van der Waals surface area contributed by atoms with Crippen LogP contribution in [0.5, 0.6) is 0 Å². The fraction of sp³-hybridized carbons (Fsp3) is 0.471. The lowest BCUT2D eigenvalue weighted by atomic mass is 9.97. The van der Waals surface area contributed by atoms with E-state index < -0.39 is 0 Å². The van der Waals surface area contributed by atoms with Crippen LogP contribution in [0.4, 0.5) is 5.82 Å². The van der Waals surface area contributed by atoms with Gasteiger partial charge in [0.2, 0.25) is 0 Å². The van der Waals surface area contributed by atoms with E-state index in [0.29, 0.717) is 12.4 Å². The lowest BCUT2D eigenvalue weighted by Crippen LogP contribution is -2.36. The highest BCUT2D eigenvalue weighted by molar-refractivity contribution is 5.88. The molecule has 0 unspecified atom stereocenters. The lowest BCUT2D eigenvalue weighted by molar-refractivity contribution is -0.147. The Kier molecular flexibility index (Phi) is 4.43. The van der Waals surface area contributed by atoms with Gasteiger partial charge in [0.05, 0.1) is 25.1 Å². The number of aromatic nitrogens is 2. The number of methoxy groups -OCH3 is 1. The van der Waals surface area contributed by atoms with Gasteiger partial charge in [0, 0.05) is 5.39 Å². The minimum absolute atomic E-state index is 0.0156. The Balaban J connectivity index is 1.70. The summed E-state index contributed by atoms with van der Waals surface area (Å²) in [5, 5.41) is 0.901. The van der Waals surface area contributed by atoms with Crippen LogP contribution in [0.1, 0.15) is 24.2 Å². The number of fused-ring (bicyclic) bond motifs is 1. The van der Waals surface area contributed by atoms with Crippen LogP contribution < -0.4 is 5.73 Å². The summed E-state index contributed by atoms with van der Waals surface area (Å²) in [5.41, 5.74) is 8.10. The predicted molar refractivity (Wildman–Crippen MR) is 88.7 cm³/mol. The Labute approximate surface area is 135 Å². The first kappa shape index (κ1) is 15.7. The first-order valence-electron chi connectivity index (χ1n) is 7.90. The van der Waals surface area contributed by atoms with E-state index in [1.54, 1.807) is 0 Å². The minimum Gasteiger partial charge on any atom is -0.469 e. The maximum absolute atomic E-state index is 11.6. The Hall–Kier alpha value is -2.21. The summed E-state index contributed by atoms with van der Waals surface area (Å²) >= 11 is 0. The Bertz CT molecular complexity index is 724. The highest BCUT2D eigenvalue weighted by atomic mass is 16.5. The van der Waals surface area contributed by atoms with Gasteiger partial charge in [-0.2, -0.15) is 0 Å². The number of carbonyl (C=O) groups is 1. The van der Waals surface area contributed by atoms with Gasteiger partial charge in [-0.25, -0.2) is 9.97 Å². The molecule has 0 aliphatic carbocycles. The summed E-state index contributed by atoms with van der Waals surface area (Å²) in [6.45, 7) is 4.37. The third-order valence-corrected chi connectivity index (χ3v) is 4.41. The van der Waals surface area contributed by atoms with Crippen LogP contribution in [0, 0.1) is 12.8 Å². The van der Waals surface area contributed by atoms with Crippen molar-refractivity contribution in [2.75, 3.05) is 25.9 Å². The van der Waals surface area contributed by atoms with Crippen LogP contribution in [-0.4, -0.2) is 41.0 Å². The van der Waals surface area contributed by atoms with Gasteiger partial charge in [0.15, 0.2) is 0 Å². The lowest BCUT2D eigenvalue weighted by Gasteiger charge is -2.30. The predicted octanol–water partition coefficient (Wildman–Crippen LogP) is 1.91. The van der Waals surface area contributed by atoms with E-state index in [-0.39, 0.29) is 11.9 Å². The van der Waals surface area contributed by atoms with Crippen LogP contribution in [0.3, 0.4) is 0 Å². The molecule has 6 nitrogen and oxygen atoms in total. The van der Waals surface area contributed by atoms with Gasteiger partial charge >= 0.3 is 5.97 Å². The van der Waals surface area contributed by atoms with E-state index in [1.165, 1.54) is 7.11 Å². The highest BCUT2D eigenvalue weighted by Gasteiger charge is 2.26. The summed E-state index contributed by atoms with van der Waals surface area (Å²) in [6, 6.07) is 6.02. The zero-order chi connectivity index (χ0) is 16.4. The monoisotopic (exact) mass is 314 g/mol. The van der Waals surface area contributed by atoms with Crippen molar-refractivity contribution in [2.24, 2.45) is 5.92 Å². The summed E-state index contributed by atoms with van der Waals surface area (Å²) in [7, 11) is 1.45. The van der Waals surface area contributed by atoms with Crippen LogP contribution in [-0.2, 0) is 16.1 Å². The molecule has 0 radical (unpaired) electrons. The summed E-state index contributed by atoms with van der Waals surface area (Å²) in [4.78, 5) is 22.9. The van der Waals surface area contributed by atoms with Gasteiger partial charge in [0.1, 0.15) is 11.6 Å². The average Bonchev–Trinajstić information content (AvgIpc) is 2.55. The van der Waals surface area contributed by atoms with Gasteiger partial charge in [-0.15, -0.1) is 0 Å². The van der Waals surface area contributed by atoms with E-state index in [0.717, 1.165) is 48.2 Å². The van der Waals surface area contributed by atoms with Crippen LogP contribution in [0.25, 0.3) is 10.9 Å². The first-order valence-corrected chi connectivity index (χ1v) is 7.90. The van der Waals surface area contributed by atoms with Crippen molar-refractivity contribution in [1.82, 2.24) is 14.9 Å². The van der Waals surface area contributed by atoms with E-state index in [9.17, 15) is 4.79 Å². The molecule has 6 heteroatoms. The molecule has 2 N–H and O–H groups in total. The second kappa shape index (κ2) is 6.50.